The molecule has 4 N–H and O–H groups in total. The van der Waals surface area contributed by atoms with Gasteiger partial charge >= 0.3 is 5.97 Å². The van der Waals surface area contributed by atoms with E-state index in [2.05, 4.69) is 20.4 Å². The number of ether oxygens (including phenoxy) is 3. The van der Waals surface area contributed by atoms with Gasteiger partial charge in [0.1, 0.15) is 24.1 Å². The molecule has 0 amide bonds. The molecule has 1 saturated heterocycles. The van der Waals surface area contributed by atoms with Gasteiger partial charge in [-0.2, -0.15) is 0 Å². The Hall–Kier alpha value is -1.36. The Balaban J connectivity index is 1.51. The first-order valence-electron chi connectivity index (χ1n) is 13.7. The summed E-state index contributed by atoms with van der Waals surface area (Å²) in [4.78, 5) is 25.8. The van der Waals surface area contributed by atoms with Crippen molar-refractivity contribution < 1.29 is 44.2 Å². The first-order valence-corrected chi connectivity index (χ1v) is 13.7. The van der Waals surface area contributed by atoms with Crippen molar-refractivity contribution in [3.05, 3.63) is 12.2 Å². The maximum atomic E-state index is 14.0. The molecule has 0 aromatic rings. The molecule has 5 rings (SSSR count). The Morgan fingerprint density at radius 2 is 1.89 bits per heavy atom. The average molecular weight is 523 g/mol. The van der Waals surface area contributed by atoms with E-state index in [0.717, 1.165) is 44.1 Å². The Bertz CT molecular complexity index is 948. The number of carbonyl (C=O) groups is 2. The molecule has 4 aliphatic carbocycles. The maximum Gasteiger partial charge on any atom is 0.303 e. The van der Waals surface area contributed by atoms with Crippen molar-refractivity contribution in [3.63, 3.8) is 0 Å². The zero-order valence-corrected chi connectivity index (χ0v) is 22.1. The molecule has 37 heavy (non-hydrogen) atoms. The molecular formula is C28H42O9. The number of aliphatic hydroxyl groups is 4. The van der Waals surface area contributed by atoms with Crippen molar-refractivity contribution in [2.75, 3.05) is 13.2 Å². The molecule has 5 fully saturated rings. The van der Waals surface area contributed by atoms with Crippen molar-refractivity contribution in [3.8, 4) is 0 Å². The number of hydrogen-bond acceptors (Lipinski definition) is 9. The summed E-state index contributed by atoms with van der Waals surface area (Å²) in [5.74, 6) is -0.524. The molecule has 5 aliphatic rings. The minimum absolute atomic E-state index is 0.0349. The van der Waals surface area contributed by atoms with Crippen LogP contribution < -0.4 is 0 Å². The fraction of sp³-hybridized carbons (Fsp3) is 0.857. The quantitative estimate of drug-likeness (QED) is 0.312. The maximum absolute atomic E-state index is 14.0. The molecule has 1 aliphatic heterocycles. The molecule has 1 spiro atoms. The van der Waals surface area contributed by atoms with E-state index in [1.165, 1.54) is 6.92 Å². The van der Waals surface area contributed by atoms with E-state index in [-0.39, 0.29) is 35.6 Å². The topological polar surface area (TPSA) is 143 Å². The van der Waals surface area contributed by atoms with Crippen molar-refractivity contribution in [2.45, 2.75) is 103 Å². The van der Waals surface area contributed by atoms with Crippen molar-refractivity contribution in [2.24, 2.45) is 34.0 Å². The van der Waals surface area contributed by atoms with Gasteiger partial charge in [0.05, 0.1) is 19.3 Å². The van der Waals surface area contributed by atoms with E-state index in [9.17, 15) is 30.0 Å². The predicted molar refractivity (Wildman–Crippen MR) is 131 cm³/mol. The highest BCUT2D eigenvalue weighted by Crippen LogP contribution is 2.71. The number of esters is 1. The molecule has 9 nitrogen and oxygen atoms in total. The fourth-order valence-corrected chi connectivity index (χ4v) is 9.22. The summed E-state index contributed by atoms with van der Waals surface area (Å²) in [7, 11) is 0. The number of ketones is 1. The van der Waals surface area contributed by atoms with Crippen molar-refractivity contribution in [1.29, 1.82) is 0 Å². The molecule has 9 heteroatoms. The number of Topliss-reactive ketones (excluding diaryl/α,β-unsaturated/α-hetero) is 1. The largest absolute Gasteiger partial charge is 0.454 e. The van der Waals surface area contributed by atoms with Gasteiger partial charge in [0.15, 0.2) is 12.4 Å². The predicted octanol–water partition coefficient (Wildman–Crippen LogP) is 1.49. The van der Waals surface area contributed by atoms with Gasteiger partial charge in [-0.1, -0.05) is 26.8 Å². The van der Waals surface area contributed by atoms with Gasteiger partial charge in [-0.05, 0) is 54.9 Å². The second kappa shape index (κ2) is 9.38. The minimum atomic E-state index is -1.51. The Labute approximate surface area is 218 Å². The number of carbonyl (C=O) groups excluding carboxylic acids is 2. The van der Waals surface area contributed by atoms with E-state index in [1.54, 1.807) is 0 Å². The summed E-state index contributed by atoms with van der Waals surface area (Å²) in [6.07, 6.45) is -1.87. The number of aliphatic hydroxyl groups excluding tert-OH is 4. The summed E-state index contributed by atoms with van der Waals surface area (Å²) in [6, 6.07) is 0. The first-order chi connectivity index (χ1) is 17.4. The summed E-state index contributed by atoms with van der Waals surface area (Å²) in [5.41, 5.74) is -0.554. The highest BCUT2D eigenvalue weighted by atomic mass is 16.7. The van der Waals surface area contributed by atoms with Gasteiger partial charge in [0, 0.05) is 30.1 Å². The van der Waals surface area contributed by atoms with Crippen LogP contribution in [0.25, 0.3) is 0 Å². The minimum Gasteiger partial charge on any atom is -0.454 e. The molecule has 0 aromatic carbocycles. The Morgan fingerprint density at radius 3 is 2.57 bits per heavy atom. The standard InChI is InChI=1S/C28H42O9/c1-14-16-6-7-19-27(13-35-25-22(36-15(2)30)21(33)20(32)18(12-29)37-25)9-5-8-26(3,4)23(27)17(31)11-28(19,10-16)24(14)34/h16,18-25,29,32-34H,1,5-13H2,2-4H3. The van der Waals surface area contributed by atoms with Crippen LogP contribution in [0.5, 0.6) is 0 Å². The first kappa shape index (κ1) is 27.2. The second-order valence-electron chi connectivity index (χ2n) is 13.0. The summed E-state index contributed by atoms with van der Waals surface area (Å²) in [5, 5.41) is 42.2. The van der Waals surface area contributed by atoms with Gasteiger partial charge in [-0.25, -0.2) is 0 Å². The highest BCUT2D eigenvalue weighted by molar-refractivity contribution is 5.85. The van der Waals surface area contributed by atoms with E-state index >= 15 is 0 Å². The van der Waals surface area contributed by atoms with E-state index in [1.807, 2.05) is 0 Å². The smallest absolute Gasteiger partial charge is 0.303 e. The molecule has 11 unspecified atom stereocenters. The van der Waals surface area contributed by atoms with Crippen LogP contribution in [0.15, 0.2) is 12.2 Å². The highest BCUT2D eigenvalue weighted by Gasteiger charge is 2.70. The molecule has 1 heterocycles. The van der Waals surface area contributed by atoms with Crippen LogP contribution in [0.2, 0.25) is 0 Å². The number of rotatable bonds is 5. The third-order valence-electron chi connectivity index (χ3n) is 10.5. The fourth-order valence-electron chi connectivity index (χ4n) is 9.22. The molecule has 0 radical (unpaired) electrons. The zero-order valence-electron chi connectivity index (χ0n) is 22.1. The molecule has 2 bridgehead atoms. The molecular weight excluding hydrogens is 480 g/mol. The Morgan fingerprint density at radius 1 is 1.16 bits per heavy atom. The van der Waals surface area contributed by atoms with E-state index in [4.69, 9.17) is 14.2 Å². The molecule has 208 valence electrons. The average Bonchev–Trinajstić information content (AvgIpc) is 3.00. The lowest BCUT2D eigenvalue weighted by atomic mass is 9.40. The van der Waals surface area contributed by atoms with Crippen LogP contribution in [-0.4, -0.2) is 82.2 Å². The summed E-state index contributed by atoms with van der Waals surface area (Å²) in [6.45, 7) is 9.24. The number of hydrogen-bond donors (Lipinski definition) is 4. The van der Waals surface area contributed by atoms with E-state index < -0.39 is 60.2 Å². The van der Waals surface area contributed by atoms with Gasteiger partial charge < -0.3 is 34.6 Å². The second-order valence-corrected chi connectivity index (χ2v) is 13.0. The van der Waals surface area contributed by atoms with Gasteiger partial charge in [-0.15, -0.1) is 0 Å². The van der Waals surface area contributed by atoms with Gasteiger partial charge in [0.2, 0.25) is 0 Å². The molecule has 11 atom stereocenters. The van der Waals surface area contributed by atoms with Crippen LogP contribution in [0.3, 0.4) is 0 Å². The van der Waals surface area contributed by atoms with Crippen LogP contribution in [0.4, 0.5) is 0 Å². The van der Waals surface area contributed by atoms with Crippen molar-refractivity contribution in [1.82, 2.24) is 0 Å². The Kier molecular flexibility index (Phi) is 6.90. The normalized spacial score (nSPS) is 48.8. The molecule has 0 aromatic heterocycles. The summed E-state index contributed by atoms with van der Waals surface area (Å²) >= 11 is 0. The van der Waals surface area contributed by atoms with Crippen LogP contribution in [-0.2, 0) is 23.8 Å². The monoisotopic (exact) mass is 522 g/mol. The van der Waals surface area contributed by atoms with Crippen LogP contribution in [0, 0.1) is 34.0 Å². The van der Waals surface area contributed by atoms with E-state index in [0.29, 0.717) is 6.42 Å². The van der Waals surface area contributed by atoms with Gasteiger partial charge in [0.25, 0.3) is 0 Å². The summed E-state index contributed by atoms with van der Waals surface area (Å²) < 4.78 is 17.5. The van der Waals surface area contributed by atoms with Crippen LogP contribution >= 0.6 is 0 Å². The van der Waals surface area contributed by atoms with Crippen LogP contribution in [0.1, 0.15) is 65.7 Å². The SMILES string of the molecule is C=C1C2CCC3C(CC(=O)C4C(C)(C)CCCC43COC3OC(CO)C(O)C(O)C3OC(C)=O)(C2)C1O. The van der Waals surface area contributed by atoms with Gasteiger partial charge in [-0.3, -0.25) is 9.59 Å². The third-order valence-corrected chi connectivity index (χ3v) is 10.5. The lowest BCUT2D eigenvalue weighted by Crippen LogP contribution is -2.65. The third kappa shape index (κ3) is 4.03. The number of fused-ring (bicyclic) bond motifs is 3. The zero-order chi connectivity index (χ0) is 26.9. The molecule has 4 saturated carbocycles. The lowest BCUT2D eigenvalue weighted by molar-refractivity contribution is -0.316. The lowest BCUT2D eigenvalue weighted by Gasteiger charge is -2.64. The van der Waals surface area contributed by atoms with Crippen molar-refractivity contribution >= 4 is 11.8 Å².